The Kier molecular flexibility index (Phi) is 7.59. The first-order valence-electron chi connectivity index (χ1n) is 7.24. The van der Waals surface area contributed by atoms with Crippen molar-refractivity contribution in [1.82, 2.24) is 5.48 Å². The van der Waals surface area contributed by atoms with Crippen LogP contribution in [-0.2, 0) is 43.0 Å². The maximum absolute atomic E-state index is 11.3. The minimum absolute atomic E-state index is 0.00831. The van der Waals surface area contributed by atoms with Crippen LogP contribution in [0.15, 0.2) is 0 Å². The first-order valence-corrected chi connectivity index (χ1v) is 7.24. The zero-order chi connectivity index (χ0) is 18.3. The van der Waals surface area contributed by atoms with Crippen LogP contribution in [0, 0.1) is 0 Å². The van der Waals surface area contributed by atoms with Crippen LogP contribution in [0.3, 0.4) is 0 Å². The molecule has 0 radical (unpaired) electrons. The number of esters is 3. The summed E-state index contributed by atoms with van der Waals surface area (Å²) in [5.74, 6) is -2.23. The molecule has 1 heterocycles. The molecule has 0 saturated carbocycles. The number of hydroxylamine groups is 1. The number of nitrogens with one attached hydrogen (secondary N) is 1. The Labute approximate surface area is 138 Å². The quantitative estimate of drug-likeness (QED) is 0.388. The summed E-state index contributed by atoms with van der Waals surface area (Å²) in [5.41, 5.74) is 2.11. The minimum atomic E-state index is -0.983. The largest absolute Gasteiger partial charge is 0.463 e. The summed E-state index contributed by atoms with van der Waals surface area (Å²) in [6.45, 7) is 4.59. The van der Waals surface area contributed by atoms with Gasteiger partial charge in [0.1, 0.15) is 18.8 Å². The van der Waals surface area contributed by atoms with E-state index < -0.39 is 48.4 Å². The van der Waals surface area contributed by atoms with Crippen molar-refractivity contribution in [2.75, 3.05) is 6.61 Å². The van der Waals surface area contributed by atoms with Crippen molar-refractivity contribution in [1.29, 1.82) is 0 Å². The Morgan fingerprint density at radius 1 is 1.00 bits per heavy atom. The van der Waals surface area contributed by atoms with E-state index in [1.807, 2.05) is 0 Å². The van der Waals surface area contributed by atoms with Gasteiger partial charge in [0, 0.05) is 34.1 Å². The molecule has 0 aliphatic carbocycles. The number of carbonyl (C=O) groups excluding carboxylic acids is 4. The van der Waals surface area contributed by atoms with E-state index in [0.29, 0.717) is 0 Å². The lowest BCUT2D eigenvalue weighted by atomic mass is 10.0. The van der Waals surface area contributed by atoms with Crippen LogP contribution in [0.1, 0.15) is 34.1 Å². The van der Waals surface area contributed by atoms with Gasteiger partial charge in [0.15, 0.2) is 12.4 Å². The van der Waals surface area contributed by atoms with Crippen molar-refractivity contribution in [3.63, 3.8) is 0 Å². The van der Waals surface area contributed by atoms with Crippen molar-refractivity contribution < 1.29 is 43.0 Å². The molecule has 0 spiro atoms. The van der Waals surface area contributed by atoms with Crippen LogP contribution in [0.4, 0.5) is 0 Å². The Morgan fingerprint density at radius 3 is 2.12 bits per heavy atom. The monoisotopic (exact) mass is 347 g/mol. The molecule has 1 fully saturated rings. The second kappa shape index (κ2) is 9.18. The molecule has 0 aromatic rings. The highest BCUT2D eigenvalue weighted by Crippen LogP contribution is 2.26. The molecule has 1 N–H and O–H groups in total. The van der Waals surface area contributed by atoms with Gasteiger partial charge in [0.25, 0.3) is 0 Å². The van der Waals surface area contributed by atoms with Gasteiger partial charge in [-0.25, -0.2) is 10.3 Å². The molecule has 0 aromatic carbocycles. The van der Waals surface area contributed by atoms with Crippen molar-refractivity contribution >= 4 is 23.8 Å². The fraction of sp³-hybridized carbons (Fsp3) is 0.714. The summed E-state index contributed by atoms with van der Waals surface area (Å²) in [4.78, 5) is 49.6. The van der Waals surface area contributed by atoms with Crippen LogP contribution in [0.5, 0.6) is 0 Å². The van der Waals surface area contributed by atoms with Gasteiger partial charge >= 0.3 is 17.9 Å². The number of carbonyl (C=O) groups is 4. The van der Waals surface area contributed by atoms with E-state index in [1.165, 1.54) is 27.7 Å². The summed E-state index contributed by atoms with van der Waals surface area (Å²) in [7, 11) is 0. The van der Waals surface area contributed by atoms with E-state index in [-0.39, 0.29) is 13.0 Å². The van der Waals surface area contributed by atoms with Crippen molar-refractivity contribution in [2.24, 2.45) is 0 Å². The summed E-state index contributed by atoms with van der Waals surface area (Å²) in [6.07, 6.45) is -3.78. The van der Waals surface area contributed by atoms with Gasteiger partial charge in [-0.3, -0.25) is 19.2 Å². The molecule has 10 heteroatoms. The smallest absolute Gasteiger partial charge is 0.303 e. The Balaban J connectivity index is 2.90. The molecule has 4 atom stereocenters. The van der Waals surface area contributed by atoms with Crippen LogP contribution in [-0.4, -0.2) is 55.0 Å². The zero-order valence-electron chi connectivity index (χ0n) is 13.9. The van der Waals surface area contributed by atoms with Gasteiger partial charge in [-0.15, -0.1) is 0 Å². The lowest BCUT2D eigenvalue weighted by molar-refractivity contribution is -0.278. The topological polar surface area (TPSA) is 126 Å². The minimum Gasteiger partial charge on any atom is -0.463 e. The van der Waals surface area contributed by atoms with Gasteiger partial charge in [-0.1, -0.05) is 0 Å². The van der Waals surface area contributed by atoms with Crippen LogP contribution in [0.25, 0.3) is 0 Å². The highest BCUT2D eigenvalue weighted by molar-refractivity contribution is 5.71. The molecule has 1 aliphatic heterocycles. The molecular formula is C14H21NO9. The fourth-order valence-electron chi connectivity index (χ4n) is 2.12. The van der Waals surface area contributed by atoms with E-state index in [9.17, 15) is 19.2 Å². The Bertz CT molecular complexity index is 493. The fourth-order valence-corrected chi connectivity index (χ4v) is 2.12. The second-order valence-electron chi connectivity index (χ2n) is 5.14. The molecule has 136 valence electrons. The maximum atomic E-state index is 11.3. The Hall–Kier alpha value is -2.20. The third-order valence-electron chi connectivity index (χ3n) is 2.89. The molecule has 1 saturated heterocycles. The third kappa shape index (κ3) is 6.92. The number of ether oxygens (including phenoxy) is 4. The molecule has 1 amide bonds. The van der Waals surface area contributed by atoms with Gasteiger partial charge in [0.05, 0.1) is 0 Å². The molecule has 0 aromatic heterocycles. The molecule has 10 nitrogen and oxygen atoms in total. The first-order chi connectivity index (χ1) is 11.2. The van der Waals surface area contributed by atoms with Crippen LogP contribution >= 0.6 is 0 Å². The normalized spacial score (nSPS) is 26.2. The summed E-state index contributed by atoms with van der Waals surface area (Å²) in [5, 5.41) is 0. The molecular weight excluding hydrogens is 326 g/mol. The molecule has 1 rings (SSSR count). The number of hydrogen-bond acceptors (Lipinski definition) is 9. The molecule has 1 aliphatic rings. The highest BCUT2D eigenvalue weighted by Gasteiger charge is 2.44. The summed E-state index contributed by atoms with van der Waals surface area (Å²) >= 11 is 0. The van der Waals surface area contributed by atoms with Crippen molar-refractivity contribution in [3.8, 4) is 0 Å². The van der Waals surface area contributed by atoms with E-state index in [2.05, 4.69) is 5.48 Å². The second-order valence-corrected chi connectivity index (χ2v) is 5.14. The lowest BCUT2D eigenvalue weighted by Gasteiger charge is -2.39. The van der Waals surface area contributed by atoms with Gasteiger partial charge in [-0.05, 0) is 0 Å². The first kappa shape index (κ1) is 19.8. The number of amides is 1. The van der Waals surface area contributed by atoms with Gasteiger partial charge in [0.2, 0.25) is 5.91 Å². The highest BCUT2D eigenvalue weighted by atomic mass is 16.8. The maximum Gasteiger partial charge on any atom is 0.303 e. The summed E-state index contributed by atoms with van der Waals surface area (Å²) < 4.78 is 20.7. The van der Waals surface area contributed by atoms with Gasteiger partial charge in [-0.2, -0.15) is 0 Å². The molecule has 0 bridgehead atoms. The molecule has 24 heavy (non-hydrogen) atoms. The van der Waals surface area contributed by atoms with E-state index in [0.717, 1.165) is 0 Å². The molecule has 4 unspecified atom stereocenters. The average molecular weight is 347 g/mol. The van der Waals surface area contributed by atoms with Gasteiger partial charge < -0.3 is 18.9 Å². The Morgan fingerprint density at radius 2 is 1.62 bits per heavy atom. The summed E-state index contributed by atoms with van der Waals surface area (Å²) in [6, 6.07) is 0. The van der Waals surface area contributed by atoms with Crippen molar-refractivity contribution in [2.45, 2.75) is 58.7 Å². The predicted molar refractivity (Wildman–Crippen MR) is 75.9 cm³/mol. The lowest BCUT2D eigenvalue weighted by Crippen LogP contribution is -2.55. The van der Waals surface area contributed by atoms with E-state index in [4.69, 9.17) is 23.8 Å². The average Bonchev–Trinajstić information content (AvgIpc) is 2.44. The SMILES string of the molecule is CC(=O)NOC1CC(OC(C)=O)C(OC(C)=O)C(COC(C)=O)O1. The van der Waals surface area contributed by atoms with E-state index >= 15 is 0 Å². The zero-order valence-corrected chi connectivity index (χ0v) is 13.9. The third-order valence-corrected chi connectivity index (χ3v) is 2.89. The number of rotatable bonds is 6. The van der Waals surface area contributed by atoms with Crippen molar-refractivity contribution in [3.05, 3.63) is 0 Å². The van der Waals surface area contributed by atoms with Crippen LogP contribution in [0.2, 0.25) is 0 Å². The standard InChI is InChI=1S/C14H21NO9/c1-7(16)15-24-13-5-11(21-9(3)18)14(22-10(4)19)12(23-13)6-20-8(2)17/h11-14H,5-6H2,1-4H3,(H,15,16). The van der Waals surface area contributed by atoms with E-state index in [1.54, 1.807) is 0 Å². The van der Waals surface area contributed by atoms with Crippen LogP contribution < -0.4 is 5.48 Å². The number of hydrogen-bond donors (Lipinski definition) is 1. The predicted octanol–water partition coefficient (Wildman–Crippen LogP) is -0.404.